The van der Waals surface area contributed by atoms with Crippen LogP contribution in [-0.4, -0.2) is 24.2 Å². The van der Waals surface area contributed by atoms with Crippen LogP contribution in [0.4, 0.5) is 4.39 Å². The van der Waals surface area contributed by atoms with E-state index in [0.717, 1.165) is 28.0 Å². The molecule has 0 saturated heterocycles. The summed E-state index contributed by atoms with van der Waals surface area (Å²) in [5.41, 5.74) is 3.04. The fourth-order valence-corrected chi connectivity index (χ4v) is 3.53. The molecule has 3 aromatic rings. The maximum Gasteiger partial charge on any atom is 0.191 e. The van der Waals surface area contributed by atoms with Crippen LogP contribution in [0.5, 0.6) is 0 Å². The van der Waals surface area contributed by atoms with Gasteiger partial charge in [-0.2, -0.15) is 11.8 Å². The molecule has 1 aromatic heterocycles. The molecule has 0 atom stereocenters. The summed E-state index contributed by atoms with van der Waals surface area (Å²) in [5.74, 6) is 1.26. The van der Waals surface area contributed by atoms with E-state index >= 15 is 0 Å². The van der Waals surface area contributed by atoms with Gasteiger partial charge in [0.1, 0.15) is 5.82 Å². The standard InChI is InChI=1S/C21H23FN4S/c1-23-21(25-12-16-7-8-18(22)11-17(16)14-27-2)26-13-20-19-6-4-3-5-15(19)9-10-24-20/h3-11H,12-14H2,1-2H3,(H2,23,25,26). The van der Waals surface area contributed by atoms with Crippen LogP contribution in [0.2, 0.25) is 0 Å². The highest BCUT2D eigenvalue weighted by Gasteiger charge is 2.07. The molecule has 140 valence electrons. The lowest BCUT2D eigenvalue weighted by atomic mass is 10.1. The number of hydrogen-bond acceptors (Lipinski definition) is 3. The molecule has 2 aromatic carbocycles. The number of benzene rings is 2. The number of rotatable bonds is 6. The lowest BCUT2D eigenvalue weighted by Crippen LogP contribution is -2.36. The number of thioether (sulfide) groups is 1. The zero-order chi connectivity index (χ0) is 19.1. The Balaban J connectivity index is 1.65. The van der Waals surface area contributed by atoms with E-state index in [1.165, 1.54) is 11.5 Å². The Kier molecular flexibility index (Phi) is 6.65. The van der Waals surface area contributed by atoms with Gasteiger partial charge in [-0.1, -0.05) is 30.3 Å². The molecule has 0 radical (unpaired) electrons. The van der Waals surface area contributed by atoms with Gasteiger partial charge in [0.15, 0.2) is 5.96 Å². The molecule has 0 saturated carbocycles. The molecule has 0 aliphatic rings. The molecule has 0 amide bonds. The summed E-state index contributed by atoms with van der Waals surface area (Å²) < 4.78 is 13.5. The van der Waals surface area contributed by atoms with Gasteiger partial charge in [0.05, 0.1) is 12.2 Å². The number of hydrogen-bond donors (Lipinski definition) is 2. The minimum atomic E-state index is -0.202. The Morgan fingerprint density at radius 3 is 2.70 bits per heavy atom. The van der Waals surface area contributed by atoms with Crippen molar-refractivity contribution in [3.63, 3.8) is 0 Å². The first-order valence-corrected chi connectivity index (χ1v) is 10.1. The number of guanidine groups is 1. The molecule has 0 fully saturated rings. The Labute approximate surface area is 163 Å². The van der Waals surface area contributed by atoms with Crippen LogP contribution in [-0.2, 0) is 18.8 Å². The second-order valence-electron chi connectivity index (χ2n) is 6.10. The van der Waals surface area contributed by atoms with Crippen molar-refractivity contribution < 1.29 is 4.39 Å². The van der Waals surface area contributed by atoms with E-state index in [2.05, 4.69) is 32.7 Å². The monoisotopic (exact) mass is 382 g/mol. The van der Waals surface area contributed by atoms with Crippen LogP contribution in [0.1, 0.15) is 16.8 Å². The van der Waals surface area contributed by atoms with Crippen molar-refractivity contribution in [1.29, 1.82) is 0 Å². The summed E-state index contributed by atoms with van der Waals surface area (Å²) in [4.78, 5) is 8.77. The first kappa shape index (κ1) is 19.2. The highest BCUT2D eigenvalue weighted by atomic mass is 32.2. The van der Waals surface area contributed by atoms with E-state index in [-0.39, 0.29) is 5.82 Å². The fraction of sp³-hybridized carbons (Fsp3) is 0.238. The summed E-state index contributed by atoms with van der Waals surface area (Å²) in [6, 6.07) is 15.1. The van der Waals surface area contributed by atoms with Gasteiger partial charge in [0.25, 0.3) is 0 Å². The third-order valence-corrected chi connectivity index (χ3v) is 4.92. The number of nitrogens with zero attached hydrogens (tertiary/aromatic N) is 2. The van der Waals surface area contributed by atoms with Crippen LogP contribution in [0.25, 0.3) is 10.8 Å². The van der Waals surface area contributed by atoms with Crippen molar-refractivity contribution in [2.24, 2.45) is 4.99 Å². The third-order valence-electron chi connectivity index (χ3n) is 4.32. The fourth-order valence-electron chi connectivity index (χ4n) is 2.95. The molecule has 4 nitrogen and oxygen atoms in total. The minimum absolute atomic E-state index is 0.202. The average Bonchev–Trinajstić information content (AvgIpc) is 2.69. The van der Waals surface area contributed by atoms with Gasteiger partial charge in [-0.25, -0.2) is 4.39 Å². The molecule has 3 rings (SSSR count). The van der Waals surface area contributed by atoms with E-state index in [1.807, 2.05) is 36.7 Å². The first-order chi connectivity index (χ1) is 13.2. The van der Waals surface area contributed by atoms with Gasteiger partial charge in [-0.15, -0.1) is 0 Å². The maximum atomic E-state index is 13.5. The SMILES string of the molecule is CN=C(NCc1ccc(F)cc1CSC)NCc1nccc2ccccc12. The van der Waals surface area contributed by atoms with Crippen molar-refractivity contribution in [3.05, 3.63) is 77.4 Å². The first-order valence-electron chi connectivity index (χ1n) is 8.74. The molecular weight excluding hydrogens is 359 g/mol. The van der Waals surface area contributed by atoms with Gasteiger partial charge >= 0.3 is 0 Å². The van der Waals surface area contributed by atoms with Gasteiger partial charge in [0.2, 0.25) is 0 Å². The van der Waals surface area contributed by atoms with Crippen molar-refractivity contribution in [2.45, 2.75) is 18.8 Å². The molecule has 27 heavy (non-hydrogen) atoms. The third kappa shape index (κ3) is 4.98. The second-order valence-corrected chi connectivity index (χ2v) is 6.97. The average molecular weight is 383 g/mol. The van der Waals surface area contributed by atoms with Gasteiger partial charge < -0.3 is 10.6 Å². The Morgan fingerprint density at radius 1 is 1.07 bits per heavy atom. The number of nitrogens with one attached hydrogen (secondary N) is 2. The molecule has 0 unspecified atom stereocenters. The summed E-state index contributed by atoms with van der Waals surface area (Å²) >= 11 is 1.68. The number of pyridine rings is 1. The second kappa shape index (κ2) is 9.37. The summed E-state index contributed by atoms with van der Waals surface area (Å²) in [6.07, 6.45) is 3.84. The number of aromatic nitrogens is 1. The smallest absolute Gasteiger partial charge is 0.191 e. The van der Waals surface area contributed by atoms with Crippen molar-refractivity contribution in [1.82, 2.24) is 15.6 Å². The molecule has 2 N–H and O–H groups in total. The highest BCUT2D eigenvalue weighted by molar-refractivity contribution is 7.97. The predicted octanol–water partition coefficient (Wildman–Crippen LogP) is 4.10. The van der Waals surface area contributed by atoms with Crippen LogP contribution < -0.4 is 10.6 Å². The van der Waals surface area contributed by atoms with E-state index in [0.29, 0.717) is 19.0 Å². The topological polar surface area (TPSA) is 49.3 Å². The van der Waals surface area contributed by atoms with Crippen LogP contribution in [0.3, 0.4) is 0 Å². The quantitative estimate of drug-likeness (QED) is 0.498. The van der Waals surface area contributed by atoms with Crippen LogP contribution in [0.15, 0.2) is 59.7 Å². The minimum Gasteiger partial charge on any atom is -0.352 e. The number of halogens is 1. The van der Waals surface area contributed by atoms with Crippen LogP contribution >= 0.6 is 11.8 Å². The Morgan fingerprint density at radius 2 is 1.89 bits per heavy atom. The van der Waals surface area contributed by atoms with E-state index < -0.39 is 0 Å². The van der Waals surface area contributed by atoms with Gasteiger partial charge in [-0.3, -0.25) is 9.98 Å². The largest absolute Gasteiger partial charge is 0.352 e. The summed E-state index contributed by atoms with van der Waals surface area (Å²) in [5, 5.41) is 8.91. The van der Waals surface area contributed by atoms with E-state index in [9.17, 15) is 4.39 Å². The molecular formula is C21H23FN4S. The summed E-state index contributed by atoms with van der Waals surface area (Å²) in [7, 11) is 1.74. The number of aliphatic imine (C=N–C) groups is 1. The maximum absolute atomic E-state index is 13.5. The zero-order valence-corrected chi connectivity index (χ0v) is 16.3. The molecule has 6 heteroatoms. The molecule has 0 bridgehead atoms. The lowest BCUT2D eigenvalue weighted by molar-refractivity contribution is 0.625. The predicted molar refractivity (Wildman–Crippen MR) is 112 cm³/mol. The number of fused-ring (bicyclic) bond motifs is 1. The lowest BCUT2D eigenvalue weighted by Gasteiger charge is -2.14. The molecule has 0 aliphatic carbocycles. The molecule has 0 aliphatic heterocycles. The Bertz CT molecular complexity index is 937. The Hall–Kier alpha value is -2.60. The molecule has 1 heterocycles. The van der Waals surface area contributed by atoms with Crippen molar-refractivity contribution in [2.75, 3.05) is 13.3 Å². The van der Waals surface area contributed by atoms with E-state index in [1.54, 1.807) is 24.9 Å². The van der Waals surface area contributed by atoms with Crippen molar-refractivity contribution in [3.8, 4) is 0 Å². The normalized spacial score (nSPS) is 11.6. The van der Waals surface area contributed by atoms with Gasteiger partial charge in [0, 0.05) is 30.9 Å². The molecule has 0 spiro atoms. The van der Waals surface area contributed by atoms with Gasteiger partial charge in [-0.05, 0) is 41.0 Å². The van der Waals surface area contributed by atoms with Crippen molar-refractivity contribution >= 4 is 28.5 Å². The van der Waals surface area contributed by atoms with E-state index in [4.69, 9.17) is 0 Å². The zero-order valence-electron chi connectivity index (χ0n) is 15.5. The van der Waals surface area contributed by atoms with Crippen LogP contribution in [0, 0.1) is 5.82 Å². The summed E-state index contributed by atoms with van der Waals surface area (Å²) in [6.45, 7) is 1.15. The highest BCUT2D eigenvalue weighted by Crippen LogP contribution is 2.17.